The number of pyridine rings is 2. The van der Waals surface area contributed by atoms with E-state index in [1.54, 1.807) is 9.47 Å². The zero-order chi connectivity index (χ0) is 20.2. The summed E-state index contributed by atoms with van der Waals surface area (Å²) in [5.41, 5.74) is 4.69. The summed E-state index contributed by atoms with van der Waals surface area (Å²) in [6.45, 7) is 2.49. The molecule has 4 rings (SSSR count). The Morgan fingerprint density at radius 1 is 1.50 bits per heavy atom. The second-order valence-electron chi connectivity index (χ2n) is 7.65. The van der Waals surface area contributed by atoms with Crippen molar-refractivity contribution < 1.29 is 19.5 Å². The number of carboxylic acid groups (broad SMARTS) is 1. The number of hydrogen-bond acceptors (Lipinski definition) is 7. The van der Waals surface area contributed by atoms with Crippen molar-refractivity contribution in [3.63, 3.8) is 0 Å². The Morgan fingerprint density at radius 2 is 2.21 bits per heavy atom. The van der Waals surface area contributed by atoms with Gasteiger partial charge in [0.05, 0.1) is 17.6 Å². The van der Waals surface area contributed by atoms with Gasteiger partial charge in [0.15, 0.2) is 11.6 Å². The molecule has 0 amide bonds. The van der Waals surface area contributed by atoms with E-state index < -0.39 is 28.2 Å². The number of rotatable bonds is 4. The molecule has 2 fully saturated rings. The molecular formula is C18H20FN5O4. The van der Waals surface area contributed by atoms with Crippen LogP contribution in [-0.4, -0.2) is 51.2 Å². The van der Waals surface area contributed by atoms with Gasteiger partial charge in [-0.1, -0.05) is 12.1 Å². The van der Waals surface area contributed by atoms with E-state index in [9.17, 15) is 24.3 Å². The summed E-state index contributed by atoms with van der Waals surface area (Å²) in [7, 11) is 0. The van der Waals surface area contributed by atoms with E-state index in [0.717, 1.165) is 18.9 Å². The van der Waals surface area contributed by atoms with E-state index in [2.05, 4.69) is 10.1 Å². The molecule has 2 aromatic rings. The molecule has 0 aromatic carbocycles. The summed E-state index contributed by atoms with van der Waals surface area (Å²) in [5.74, 6) is -2.08. The van der Waals surface area contributed by atoms with Gasteiger partial charge in [-0.3, -0.25) is 4.79 Å². The third-order valence-corrected chi connectivity index (χ3v) is 5.56. The fraction of sp³-hybridized carbons (Fsp3) is 0.444. The van der Waals surface area contributed by atoms with Gasteiger partial charge in [-0.2, -0.15) is 0 Å². The van der Waals surface area contributed by atoms with Crippen LogP contribution in [0, 0.1) is 11.2 Å². The Bertz CT molecular complexity index is 1080. The third-order valence-electron chi connectivity index (χ3n) is 5.56. The van der Waals surface area contributed by atoms with Crippen LogP contribution >= 0.6 is 0 Å². The maximum atomic E-state index is 14.9. The molecule has 4 N–H and O–H groups in total. The number of hydrogen-bond donors (Lipinski definition) is 3. The minimum absolute atomic E-state index is 0.0164. The van der Waals surface area contributed by atoms with Gasteiger partial charge in [-0.15, -0.1) is 0 Å². The maximum absolute atomic E-state index is 14.9. The molecule has 9 nitrogen and oxygen atoms in total. The second kappa shape index (κ2) is 6.26. The molecule has 1 aliphatic heterocycles. The van der Waals surface area contributed by atoms with Crippen molar-refractivity contribution in [1.29, 1.82) is 0 Å². The zero-order valence-electron chi connectivity index (χ0n) is 15.2. The van der Waals surface area contributed by atoms with Crippen LogP contribution in [0.2, 0.25) is 0 Å². The van der Waals surface area contributed by atoms with Crippen LogP contribution in [-0.2, 0) is 0 Å². The lowest BCUT2D eigenvalue weighted by Crippen LogP contribution is -2.35. The van der Waals surface area contributed by atoms with Gasteiger partial charge in [0.2, 0.25) is 5.43 Å². The first-order valence-electron chi connectivity index (χ1n) is 8.94. The Labute approximate surface area is 158 Å². The summed E-state index contributed by atoms with van der Waals surface area (Å²) < 4.78 is 16.5. The molecule has 0 spiro atoms. The number of carboxylic acids is 1. The molecule has 1 atom stereocenters. The van der Waals surface area contributed by atoms with E-state index in [0.29, 0.717) is 12.3 Å². The van der Waals surface area contributed by atoms with E-state index >= 15 is 0 Å². The molecule has 2 aromatic heterocycles. The minimum atomic E-state index is -1.35. The van der Waals surface area contributed by atoms with E-state index in [-0.39, 0.29) is 36.0 Å². The monoisotopic (exact) mass is 389 g/mol. The third kappa shape index (κ3) is 2.71. The standard InChI is InChI=1S/C18H20FN5O4/c1-18(7-20)8-23(6-13(18)22-28)16-12(19)4-10-14(25)11(17(26)27)5-24(9-2-3-9)15(10)21-16/h4-5,9,28H,2-3,6-8,20H2,1H3,(H,26,27). The molecule has 1 saturated carbocycles. The van der Waals surface area contributed by atoms with Gasteiger partial charge in [0.1, 0.15) is 11.2 Å². The van der Waals surface area contributed by atoms with E-state index in [1.165, 1.54) is 6.20 Å². The highest BCUT2D eigenvalue weighted by molar-refractivity contribution is 5.97. The number of nitrogens with zero attached hydrogens (tertiary/aromatic N) is 4. The number of halogens is 1. The van der Waals surface area contributed by atoms with E-state index in [4.69, 9.17) is 5.73 Å². The number of nitrogens with two attached hydrogens (primary N) is 1. The lowest BCUT2D eigenvalue weighted by atomic mass is 9.88. The maximum Gasteiger partial charge on any atom is 0.341 e. The van der Waals surface area contributed by atoms with Crippen LogP contribution in [0.5, 0.6) is 0 Å². The number of fused-ring (bicyclic) bond motifs is 1. The van der Waals surface area contributed by atoms with Crippen molar-refractivity contribution in [3.8, 4) is 0 Å². The molecule has 1 aliphatic carbocycles. The smallest absolute Gasteiger partial charge is 0.341 e. The van der Waals surface area contributed by atoms with E-state index in [1.807, 2.05) is 6.92 Å². The quantitative estimate of drug-likeness (QED) is 0.528. The number of anilines is 1. The lowest BCUT2D eigenvalue weighted by Gasteiger charge is -2.23. The zero-order valence-corrected chi connectivity index (χ0v) is 15.2. The van der Waals surface area contributed by atoms with Crippen LogP contribution in [0.3, 0.4) is 0 Å². The summed E-state index contributed by atoms with van der Waals surface area (Å²) in [6, 6.07) is 1.08. The largest absolute Gasteiger partial charge is 0.477 e. The highest BCUT2D eigenvalue weighted by atomic mass is 19.1. The van der Waals surface area contributed by atoms with Crippen molar-refractivity contribution in [2.24, 2.45) is 16.3 Å². The van der Waals surface area contributed by atoms with Gasteiger partial charge in [0, 0.05) is 30.7 Å². The molecule has 1 saturated heterocycles. The molecular weight excluding hydrogens is 369 g/mol. The first kappa shape index (κ1) is 18.4. The molecule has 2 aliphatic rings. The Morgan fingerprint density at radius 3 is 2.75 bits per heavy atom. The Kier molecular flexibility index (Phi) is 4.11. The van der Waals surface area contributed by atoms with Gasteiger partial charge in [-0.05, 0) is 18.9 Å². The molecule has 148 valence electrons. The normalized spacial score (nSPS) is 23.7. The Hall–Kier alpha value is -3.01. The van der Waals surface area contributed by atoms with Crippen molar-refractivity contribution in [1.82, 2.24) is 9.55 Å². The fourth-order valence-corrected chi connectivity index (χ4v) is 3.67. The molecule has 3 heterocycles. The molecule has 0 radical (unpaired) electrons. The van der Waals surface area contributed by atoms with Crippen molar-refractivity contribution in [3.05, 3.63) is 33.9 Å². The molecule has 10 heteroatoms. The van der Waals surface area contributed by atoms with Gasteiger partial charge in [-0.25, -0.2) is 14.2 Å². The van der Waals surface area contributed by atoms with Crippen molar-refractivity contribution in [2.45, 2.75) is 25.8 Å². The van der Waals surface area contributed by atoms with Gasteiger partial charge >= 0.3 is 5.97 Å². The second-order valence-corrected chi connectivity index (χ2v) is 7.65. The highest BCUT2D eigenvalue weighted by Gasteiger charge is 2.41. The predicted octanol–water partition coefficient (Wildman–Crippen LogP) is 1.18. The fourth-order valence-electron chi connectivity index (χ4n) is 3.67. The molecule has 28 heavy (non-hydrogen) atoms. The van der Waals surface area contributed by atoms with Crippen LogP contribution in [0.4, 0.5) is 10.2 Å². The van der Waals surface area contributed by atoms with Crippen LogP contribution < -0.4 is 16.1 Å². The number of aromatic carboxylic acids is 1. The van der Waals surface area contributed by atoms with Crippen LogP contribution in [0.25, 0.3) is 11.0 Å². The van der Waals surface area contributed by atoms with Crippen LogP contribution in [0.15, 0.2) is 22.2 Å². The average Bonchev–Trinajstić information content (AvgIpc) is 3.44. The first-order chi connectivity index (χ1) is 13.3. The predicted molar refractivity (Wildman–Crippen MR) is 99.8 cm³/mol. The summed E-state index contributed by atoms with van der Waals surface area (Å²) >= 11 is 0. The topological polar surface area (TPSA) is 134 Å². The number of aromatic nitrogens is 2. The van der Waals surface area contributed by atoms with Gasteiger partial charge < -0.3 is 25.5 Å². The first-order valence-corrected chi connectivity index (χ1v) is 8.94. The summed E-state index contributed by atoms with van der Waals surface area (Å²) in [6.07, 6.45) is 2.96. The van der Waals surface area contributed by atoms with Crippen molar-refractivity contribution >= 4 is 28.5 Å². The summed E-state index contributed by atoms with van der Waals surface area (Å²) in [5, 5.41) is 21.8. The van der Waals surface area contributed by atoms with Crippen molar-refractivity contribution in [2.75, 3.05) is 24.5 Å². The SMILES string of the molecule is CC1(CN)CN(c2nc3c(cc2F)c(=O)c(C(=O)O)cn3C2CC2)CC1=NO. The number of oxime groups is 1. The van der Waals surface area contributed by atoms with Gasteiger partial charge in [0.25, 0.3) is 0 Å². The Balaban J connectivity index is 1.90. The summed E-state index contributed by atoms with van der Waals surface area (Å²) in [4.78, 5) is 29.9. The molecule has 0 bridgehead atoms. The number of carbonyl (C=O) groups is 1. The lowest BCUT2D eigenvalue weighted by molar-refractivity contribution is 0.0695. The van der Waals surface area contributed by atoms with Crippen LogP contribution in [0.1, 0.15) is 36.2 Å². The minimum Gasteiger partial charge on any atom is -0.477 e. The average molecular weight is 389 g/mol. The molecule has 1 unspecified atom stereocenters. The highest BCUT2D eigenvalue weighted by Crippen LogP contribution is 2.38.